The van der Waals surface area contributed by atoms with Gasteiger partial charge in [-0.05, 0) is 35.1 Å². The number of aliphatic hydroxyl groups excluding tert-OH is 1. The van der Waals surface area contributed by atoms with Crippen LogP contribution in [0.2, 0.25) is 0 Å². The van der Waals surface area contributed by atoms with Gasteiger partial charge < -0.3 is 9.84 Å². The van der Waals surface area contributed by atoms with Crippen LogP contribution in [-0.4, -0.2) is 11.1 Å². The van der Waals surface area contributed by atoms with E-state index in [0.29, 0.717) is 12.0 Å². The Morgan fingerprint density at radius 1 is 0.784 bits per heavy atom. The van der Waals surface area contributed by atoms with Gasteiger partial charge in [-0.1, -0.05) is 133 Å². The van der Waals surface area contributed by atoms with Crippen molar-refractivity contribution in [1.29, 1.82) is 0 Å². The van der Waals surface area contributed by atoms with E-state index in [1.165, 1.54) is 0 Å². The lowest BCUT2D eigenvalue weighted by atomic mass is 9.79. The molecule has 0 aliphatic carbocycles. The summed E-state index contributed by atoms with van der Waals surface area (Å²) in [6.07, 6.45) is 5.48. The summed E-state index contributed by atoms with van der Waals surface area (Å²) >= 11 is 0. The highest BCUT2D eigenvalue weighted by molar-refractivity contribution is 5.93. The number of esters is 1. The Bertz CT molecular complexity index is 1380. The maximum atomic E-state index is 13.8. The van der Waals surface area contributed by atoms with E-state index in [2.05, 4.69) is 12.1 Å². The first kappa shape index (κ1) is 24.3. The summed E-state index contributed by atoms with van der Waals surface area (Å²) < 4.78 is 6.33. The van der Waals surface area contributed by atoms with E-state index >= 15 is 0 Å². The fourth-order valence-electron chi connectivity index (χ4n) is 5.04. The van der Waals surface area contributed by atoms with Crippen molar-refractivity contribution >= 4 is 12.0 Å². The smallest absolute Gasteiger partial charge is 0.339 e. The average Bonchev–Trinajstić information content (AvgIpc) is 2.95. The topological polar surface area (TPSA) is 46.5 Å². The minimum Gasteiger partial charge on any atom is -0.512 e. The third-order valence-corrected chi connectivity index (χ3v) is 6.98. The van der Waals surface area contributed by atoms with E-state index in [1.807, 2.05) is 121 Å². The molecule has 3 nitrogen and oxygen atoms in total. The van der Waals surface area contributed by atoms with Crippen LogP contribution in [0.4, 0.5) is 0 Å². The van der Waals surface area contributed by atoms with Crippen molar-refractivity contribution in [3.8, 4) is 0 Å². The predicted octanol–water partition coefficient (Wildman–Crippen LogP) is 7.77. The number of aliphatic hydroxyl groups is 1. The fraction of sp³-hybridized carbons (Fsp3) is 0.147. The van der Waals surface area contributed by atoms with Crippen molar-refractivity contribution in [1.82, 2.24) is 0 Å². The van der Waals surface area contributed by atoms with E-state index in [9.17, 15) is 9.90 Å². The largest absolute Gasteiger partial charge is 0.512 e. The summed E-state index contributed by atoms with van der Waals surface area (Å²) in [5.41, 5.74) is 3.35. The van der Waals surface area contributed by atoms with Gasteiger partial charge in [0.05, 0.1) is 5.57 Å². The lowest BCUT2D eigenvalue weighted by Crippen LogP contribution is -2.39. The summed E-state index contributed by atoms with van der Waals surface area (Å²) in [4.78, 5) is 13.8. The van der Waals surface area contributed by atoms with E-state index in [-0.39, 0.29) is 12.2 Å². The quantitative estimate of drug-likeness (QED) is 0.259. The molecule has 0 aromatic heterocycles. The van der Waals surface area contributed by atoms with Crippen molar-refractivity contribution in [2.45, 2.75) is 30.8 Å². The molecule has 3 heteroatoms. The van der Waals surface area contributed by atoms with Crippen LogP contribution in [0.15, 0.2) is 139 Å². The molecule has 0 bridgehead atoms. The van der Waals surface area contributed by atoms with Gasteiger partial charge in [-0.15, -0.1) is 0 Å². The Kier molecular flexibility index (Phi) is 7.32. The summed E-state index contributed by atoms with van der Waals surface area (Å²) in [5, 5.41) is 11.5. The molecular weight excluding hydrogens is 456 g/mol. The standard InChI is InChI=1S/C34H30O3/c35-31-25-34(29-19-11-4-12-20-29,24-23-27-15-7-2-8-16-27)37-33(36)32(31)30(28-17-9-3-10-18-28)22-21-26-13-5-1-6-14-26/h1-22,30,35H,23-25H2. The molecular formula is C34H30O3. The molecule has 0 radical (unpaired) electrons. The Balaban J connectivity index is 1.53. The highest BCUT2D eigenvalue weighted by Gasteiger charge is 2.44. The monoisotopic (exact) mass is 486 g/mol. The lowest BCUT2D eigenvalue weighted by molar-refractivity contribution is -0.161. The molecule has 1 aliphatic heterocycles. The molecule has 0 fully saturated rings. The Hall–Kier alpha value is -4.37. The SMILES string of the molecule is O=C1OC(CCc2ccccc2)(c2ccccc2)CC(O)=C1C(C=Cc1ccccc1)c1ccccc1. The molecule has 4 aromatic carbocycles. The van der Waals surface area contributed by atoms with Crippen molar-refractivity contribution in [2.75, 3.05) is 0 Å². The van der Waals surface area contributed by atoms with Gasteiger partial charge in [0.15, 0.2) is 0 Å². The highest BCUT2D eigenvalue weighted by Crippen LogP contribution is 2.44. The first-order valence-electron chi connectivity index (χ1n) is 12.7. The van der Waals surface area contributed by atoms with E-state index in [1.54, 1.807) is 0 Å². The van der Waals surface area contributed by atoms with Crippen molar-refractivity contribution in [2.24, 2.45) is 0 Å². The molecule has 0 spiro atoms. The molecule has 1 N–H and O–H groups in total. The van der Waals surface area contributed by atoms with Gasteiger partial charge in [0.1, 0.15) is 11.4 Å². The zero-order chi connectivity index (χ0) is 25.5. The van der Waals surface area contributed by atoms with E-state index in [0.717, 1.165) is 28.7 Å². The van der Waals surface area contributed by atoms with E-state index < -0.39 is 17.5 Å². The second kappa shape index (κ2) is 11.1. The Morgan fingerprint density at radius 2 is 1.35 bits per heavy atom. The maximum absolute atomic E-state index is 13.8. The van der Waals surface area contributed by atoms with E-state index in [4.69, 9.17) is 4.74 Å². The number of allylic oxidation sites excluding steroid dienone is 1. The zero-order valence-electron chi connectivity index (χ0n) is 20.7. The lowest BCUT2D eigenvalue weighted by Gasteiger charge is -2.39. The Morgan fingerprint density at radius 3 is 1.97 bits per heavy atom. The minimum atomic E-state index is -0.938. The number of hydrogen-bond donors (Lipinski definition) is 1. The van der Waals surface area contributed by atoms with Crippen LogP contribution < -0.4 is 0 Å². The van der Waals surface area contributed by atoms with Crippen LogP contribution in [0.25, 0.3) is 6.08 Å². The summed E-state index contributed by atoms with van der Waals surface area (Å²) in [5.74, 6) is -0.830. The van der Waals surface area contributed by atoms with Crippen molar-refractivity contribution in [3.63, 3.8) is 0 Å². The number of ether oxygens (including phenoxy) is 1. The molecule has 4 aromatic rings. The molecule has 1 aliphatic rings. The van der Waals surface area contributed by atoms with Gasteiger partial charge in [0.25, 0.3) is 0 Å². The number of rotatable bonds is 8. The van der Waals surface area contributed by atoms with Gasteiger partial charge in [-0.3, -0.25) is 0 Å². The van der Waals surface area contributed by atoms with Gasteiger partial charge in [0, 0.05) is 12.3 Å². The van der Waals surface area contributed by atoms with Crippen LogP contribution in [0.3, 0.4) is 0 Å². The van der Waals surface area contributed by atoms with Gasteiger partial charge >= 0.3 is 5.97 Å². The second-order valence-corrected chi connectivity index (χ2v) is 9.43. The summed E-state index contributed by atoms with van der Waals surface area (Å²) in [6.45, 7) is 0. The van der Waals surface area contributed by atoms with Gasteiger partial charge in [0.2, 0.25) is 0 Å². The predicted molar refractivity (Wildman–Crippen MR) is 148 cm³/mol. The molecule has 37 heavy (non-hydrogen) atoms. The molecule has 5 rings (SSSR count). The molecule has 1 heterocycles. The highest BCUT2D eigenvalue weighted by atomic mass is 16.6. The van der Waals surface area contributed by atoms with Crippen molar-refractivity contribution < 1.29 is 14.6 Å². The molecule has 0 saturated heterocycles. The van der Waals surface area contributed by atoms with Crippen molar-refractivity contribution in [3.05, 3.63) is 161 Å². The molecule has 2 atom stereocenters. The van der Waals surface area contributed by atoms with Crippen LogP contribution in [0.5, 0.6) is 0 Å². The number of benzene rings is 4. The third-order valence-electron chi connectivity index (χ3n) is 6.98. The van der Waals surface area contributed by atoms with Crippen LogP contribution >= 0.6 is 0 Å². The maximum Gasteiger partial charge on any atom is 0.339 e. The molecule has 184 valence electrons. The first-order valence-corrected chi connectivity index (χ1v) is 12.7. The number of cyclic esters (lactones) is 1. The normalized spacial score (nSPS) is 18.5. The summed E-state index contributed by atoms with van der Waals surface area (Å²) in [6, 6.07) is 39.7. The van der Waals surface area contributed by atoms with Crippen LogP contribution in [0, 0.1) is 0 Å². The van der Waals surface area contributed by atoms with Crippen LogP contribution in [0.1, 0.15) is 41.0 Å². The average molecular weight is 487 g/mol. The number of aryl methyl sites for hydroxylation is 1. The molecule has 0 amide bonds. The summed E-state index contributed by atoms with van der Waals surface area (Å²) in [7, 11) is 0. The van der Waals surface area contributed by atoms with Crippen LogP contribution in [-0.2, 0) is 21.6 Å². The number of carbonyl (C=O) groups is 1. The number of hydrogen-bond acceptors (Lipinski definition) is 3. The van der Waals surface area contributed by atoms with Gasteiger partial charge in [-0.2, -0.15) is 0 Å². The van der Waals surface area contributed by atoms with Gasteiger partial charge in [-0.25, -0.2) is 4.79 Å². The molecule has 2 unspecified atom stereocenters. The Labute approximate surface area is 218 Å². The zero-order valence-corrected chi connectivity index (χ0v) is 20.7. The minimum absolute atomic E-state index is 0.0831. The fourth-order valence-corrected chi connectivity index (χ4v) is 5.04. The third kappa shape index (κ3) is 5.57. The first-order chi connectivity index (χ1) is 18.1. The number of carbonyl (C=O) groups excluding carboxylic acids is 1. The second-order valence-electron chi connectivity index (χ2n) is 9.43. The molecule has 0 saturated carbocycles.